The summed E-state index contributed by atoms with van der Waals surface area (Å²) in [4.78, 5) is 20.8. The van der Waals surface area contributed by atoms with Crippen molar-refractivity contribution in [3.63, 3.8) is 0 Å². The van der Waals surface area contributed by atoms with Crippen LogP contribution < -0.4 is 15.5 Å². The number of halogens is 1. The summed E-state index contributed by atoms with van der Waals surface area (Å²) < 4.78 is 14.4. The van der Waals surface area contributed by atoms with Crippen molar-refractivity contribution in [3.8, 4) is 0 Å². The zero-order valence-electron chi connectivity index (χ0n) is 19.6. The maximum Gasteiger partial charge on any atom is 0.231 e. The maximum atomic E-state index is 14.4. The minimum atomic E-state index is -0.530. The molecule has 4 aromatic rings. The number of benzene rings is 2. The minimum Gasteiger partial charge on any atom is -0.369 e. The Morgan fingerprint density at radius 3 is 2.35 bits per heavy atom. The third kappa shape index (κ3) is 4.79. The van der Waals surface area contributed by atoms with Crippen LogP contribution in [0.1, 0.15) is 20.8 Å². The van der Waals surface area contributed by atoms with Crippen molar-refractivity contribution in [2.75, 3.05) is 41.7 Å². The van der Waals surface area contributed by atoms with Gasteiger partial charge in [0.1, 0.15) is 0 Å². The molecule has 3 heterocycles. The van der Waals surface area contributed by atoms with Crippen molar-refractivity contribution in [2.45, 2.75) is 26.3 Å². The lowest BCUT2D eigenvalue weighted by Crippen LogP contribution is -2.53. The summed E-state index contributed by atoms with van der Waals surface area (Å²) in [5.74, 6) is 0.309. The predicted octanol–water partition coefficient (Wildman–Crippen LogP) is 4.90. The molecular weight excluding hydrogens is 431 g/mol. The monoisotopic (exact) mass is 460 g/mol. The van der Waals surface area contributed by atoms with Crippen LogP contribution in [0.4, 0.5) is 33.5 Å². The largest absolute Gasteiger partial charge is 0.369 e. The lowest BCUT2D eigenvalue weighted by Gasteiger charge is -2.43. The molecule has 0 bridgehead atoms. The summed E-state index contributed by atoms with van der Waals surface area (Å²) in [5, 5.41) is 6.07. The van der Waals surface area contributed by atoms with E-state index in [4.69, 9.17) is 0 Å². The van der Waals surface area contributed by atoms with Crippen LogP contribution in [0.25, 0.3) is 11.0 Å². The molecule has 5 rings (SSSR count). The molecule has 1 aliphatic rings. The summed E-state index contributed by atoms with van der Waals surface area (Å²) in [6, 6.07) is 15.7. The van der Waals surface area contributed by atoms with Gasteiger partial charge >= 0.3 is 0 Å². The van der Waals surface area contributed by atoms with E-state index in [2.05, 4.69) is 73.3 Å². The Balaban J connectivity index is 1.25. The van der Waals surface area contributed by atoms with E-state index in [9.17, 15) is 4.39 Å². The molecule has 0 amide bonds. The number of anilines is 5. The van der Waals surface area contributed by atoms with Crippen LogP contribution in [0.2, 0.25) is 0 Å². The normalized spacial score (nSPS) is 15.0. The highest BCUT2D eigenvalue weighted by Gasteiger charge is 2.25. The Hall–Kier alpha value is -3.72. The molecule has 0 spiro atoms. The van der Waals surface area contributed by atoms with Crippen molar-refractivity contribution >= 4 is 40.1 Å². The molecule has 1 fully saturated rings. The van der Waals surface area contributed by atoms with Gasteiger partial charge < -0.3 is 15.2 Å². The molecule has 8 nitrogen and oxygen atoms in total. The highest BCUT2D eigenvalue weighted by atomic mass is 19.1. The van der Waals surface area contributed by atoms with E-state index in [0.717, 1.165) is 54.8 Å². The lowest BCUT2D eigenvalue weighted by molar-refractivity contribution is 0.128. The average molecular weight is 461 g/mol. The van der Waals surface area contributed by atoms with Crippen LogP contribution in [0.5, 0.6) is 0 Å². The molecular formula is C25H29FN8. The SMILES string of the molecule is CC(C)(C)N1CCN(c2ccc(Nc3nc(Nc4nc5ccccc5[nH]4)ncc3F)cc2)CC1. The van der Waals surface area contributed by atoms with E-state index < -0.39 is 5.82 Å². The second-order valence-corrected chi connectivity index (χ2v) is 9.43. The van der Waals surface area contributed by atoms with Crippen LogP contribution in [-0.4, -0.2) is 56.6 Å². The number of para-hydroxylation sites is 2. The second-order valence-electron chi connectivity index (χ2n) is 9.43. The fraction of sp³-hybridized carbons (Fsp3) is 0.320. The molecule has 2 aromatic heterocycles. The third-order valence-corrected chi connectivity index (χ3v) is 6.09. The maximum absolute atomic E-state index is 14.4. The fourth-order valence-electron chi connectivity index (χ4n) is 4.16. The van der Waals surface area contributed by atoms with Gasteiger partial charge in [-0.1, -0.05) is 12.1 Å². The van der Waals surface area contributed by atoms with Crippen LogP contribution in [-0.2, 0) is 0 Å². The van der Waals surface area contributed by atoms with E-state index in [1.807, 2.05) is 36.4 Å². The van der Waals surface area contributed by atoms with Crippen molar-refractivity contribution in [3.05, 3.63) is 60.5 Å². The minimum absolute atomic E-state index is 0.0974. The first kappa shape index (κ1) is 22.1. The van der Waals surface area contributed by atoms with Gasteiger partial charge in [-0.15, -0.1) is 0 Å². The van der Waals surface area contributed by atoms with Crippen LogP contribution in [0.15, 0.2) is 54.7 Å². The number of nitrogens with one attached hydrogen (secondary N) is 3. The van der Waals surface area contributed by atoms with Gasteiger partial charge in [0, 0.05) is 43.1 Å². The molecule has 0 radical (unpaired) electrons. The number of H-pyrrole nitrogens is 1. The Kier molecular flexibility index (Phi) is 5.79. The van der Waals surface area contributed by atoms with Gasteiger partial charge in [0.2, 0.25) is 11.9 Å². The Bertz CT molecular complexity index is 1240. The summed E-state index contributed by atoms with van der Waals surface area (Å²) in [5.41, 5.74) is 3.83. The topological polar surface area (TPSA) is 85.0 Å². The van der Waals surface area contributed by atoms with E-state index in [1.54, 1.807) is 0 Å². The van der Waals surface area contributed by atoms with Gasteiger partial charge in [0.05, 0.1) is 17.2 Å². The van der Waals surface area contributed by atoms with E-state index in [-0.39, 0.29) is 17.3 Å². The Labute approximate surface area is 198 Å². The fourth-order valence-corrected chi connectivity index (χ4v) is 4.16. The summed E-state index contributed by atoms with van der Waals surface area (Å²) >= 11 is 0. The molecule has 1 aliphatic heterocycles. The van der Waals surface area contributed by atoms with Crippen molar-refractivity contribution in [2.24, 2.45) is 0 Å². The standard InChI is InChI=1S/C25H29FN8/c1-25(2,3)34-14-12-33(13-15-34)18-10-8-17(9-11-18)28-22-19(26)16-27-23(31-22)32-24-29-20-6-4-5-7-21(20)30-24/h4-11,16H,12-15H2,1-3H3,(H3,27,28,29,30,31,32). The van der Waals surface area contributed by atoms with Crippen molar-refractivity contribution in [1.29, 1.82) is 0 Å². The second kappa shape index (κ2) is 8.90. The molecule has 34 heavy (non-hydrogen) atoms. The third-order valence-electron chi connectivity index (χ3n) is 6.09. The number of hydrogen-bond donors (Lipinski definition) is 3. The molecule has 176 valence electrons. The number of imidazole rings is 1. The number of aromatic amines is 1. The number of rotatable bonds is 5. The van der Waals surface area contributed by atoms with Gasteiger partial charge in [-0.2, -0.15) is 4.98 Å². The number of fused-ring (bicyclic) bond motifs is 1. The summed E-state index contributed by atoms with van der Waals surface area (Å²) in [7, 11) is 0. The van der Waals surface area contributed by atoms with E-state index >= 15 is 0 Å². The number of hydrogen-bond acceptors (Lipinski definition) is 7. The smallest absolute Gasteiger partial charge is 0.231 e. The molecule has 0 atom stereocenters. The molecule has 3 N–H and O–H groups in total. The number of aromatic nitrogens is 4. The molecule has 0 aliphatic carbocycles. The Morgan fingerprint density at radius 1 is 0.912 bits per heavy atom. The van der Waals surface area contributed by atoms with Gasteiger partial charge in [-0.05, 0) is 57.2 Å². The van der Waals surface area contributed by atoms with Gasteiger partial charge in [0.15, 0.2) is 11.6 Å². The first-order chi connectivity index (χ1) is 16.3. The zero-order valence-corrected chi connectivity index (χ0v) is 19.6. The number of piperazine rings is 1. The quantitative estimate of drug-likeness (QED) is 0.391. The number of nitrogens with zero attached hydrogens (tertiary/aromatic N) is 5. The van der Waals surface area contributed by atoms with Gasteiger partial charge in [-0.3, -0.25) is 10.2 Å². The highest BCUT2D eigenvalue weighted by Crippen LogP contribution is 2.25. The van der Waals surface area contributed by atoms with Crippen LogP contribution in [0, 0.1) is 5.82 Å². The molecule has 1 saturated heterocycles. The Morgan fingerprint density at radius 2 is 1.65 bits per heavy atom. The van der Waals surface area contributed by atoms with Gasteiger partial charge in [-0.25, -0.2) is 14.4 Å². The van der Waals surface area contributed by atoms with E-state index in [1.165, 1.54) is 0 Å². The van der Waals surface area contributed by atoms with Crippen molar-refractivity contribution in [1.82, 2.24) is 24.8 Å². The summed E-state index contributed by atoms with van der Waals surface area (Å²) in [6.07, 6.45) is 1.14. The summed E-state index contributed by atoms with van der Waals surface area (Å²) in [6.45, 7) is 10.8. The average Bonchev–Trinajstić information content (AvgIpc) is 3.24. The highest BCUT2D eigenvalue weighted by molar-refractivity contribution is 5.77. The van der Waals surface area contributed by atoms with Crippen LogP contribution >= 0.6 is 0 Å². The first-order valence-corrected chi connectivity index (χ1v) is 11.5. The molecule has 0 unspecified atom stereocenters. The van der Waals surface area contributed by atoms with E-state index in [0.29, 0.717) is 5.95 Å². The van der Waals surface area contributed by atoms with Gasteiger partial charge in [0.25, 0.3) is 0 Å². The molecule has 9 heteroatoms. The lowest BCUT2D eigenvalue weighted by atomic mass is 10.0. The predicted molar refractivity (Wildman–Crippen MR) is 135 cm³/mol. The zero-order chi connectivity index (χ0) is 23.7. The molecule has 0 saturated carbocycles. The molecule has 2 aromatic carbocycles. The first-order valence-electron chi connectivity index (χ1n) is 11.5. The van der Waals surface area contributed by atoms with Crippen molar-refractivity contribution < 1.29 is 4.39 Å². The van der Waals surface area contributed by atoms with Crippen LogP contribution in [0.3, 0.4) is 0 Å².